The topological polar surface area (TPSA) is 82.4 Å². The van der Waals surface area contributed by atoms with E-state index in [0.29, 0.717) is 10.6 Å². The van der Waals surface area contributed by atoms with E-state index in [4.69, 9.17) is 16.3 Å². The van der Waals surface area contributed by atoms with Gasteiger partial charge < -0.3 is 15.0 Å². The van der Waals surface area contributed by atoms with Gasteiger partial charge in [0.1, 0.15) is 11.6 Å². The molecule has 0 fully saturated rings. The molecule has 0 aliphatic heterocycles. The molecular weight excluding hydrogens is 378 g/mol. The number of nitrogens with zero attached hydrogens (tertiary/aromatic N) is 2. The highest BCUT2D eigenvalue weighted by atomic mass is 35.5. The van der Waals surface area contributed by atoms with Gasteiger partial charge in [-0.25, -0.2) is 4.79 Å². The second-order valence-corrected chi connectivity index (χ2v) is 6.51. The molecule has 0 aliphatic rings. The predicted molar refractivity (Wildman–Crippen MR) is 109 cm³/mol. The summed E-state index contributed by atoms with van der Waals surface area (Å²) in [5, 5.41) is 12.4. The van der Waals surface area contributed by atoms with E-state index in [-0.39, 0.29) is 12.1 Å². The standard InChI is InChI=1S/C21H20ClN3O3/c1-25(2)18-9-7-15(8-10-18)11-17(12-23)21(27)28-14-20(26)24-13-16-5-3-4-6-19(16)22/h3-11H,13-14H2,1-2H3,(H,24,26)/b17-11+. The molecule has 0 bridgehead atoms. The number of esters is 1. The van der Waals surface area contributed by atoms with Gasteiger partial charge in [-0.2, -0.15) is 5.26 Å². The molecule has 28 heavy (non-hydrogen) atoms. The summed E-state index contributed by atoms with van der Waals surface area (Å²) >= 11 is 6.02. The molecule has 2 aromatic rings. The third-order valence-electron chi connectivity index (χ3n) is 3.83. The number of ether oxygens (including phenoxy) is 1. The Bertz CT molecular complexity index is 915. The number of nitriles is 1. The van der Waals surface area contributed by atoms with Crippen LogP contribution in [-0.2, 0) is 20.9 Å². The molecule has 0 radical (unpaired) electrons. The third kappa shape index (κ3) is 6.15. The molecule has 6 nitrogen and oxygen atoms in total. The Labute approximate surface area is 169 Å². The minimum absolute atomic E-state index is 0.184. The molecule has 0 saturated heterocycles. The van der Waals surface area contributed by atoms with Crippen LogP contribution in [0.25, 0.3) is 6.08 Å². The number of amides is 1. The van der Waals surface area contributed by atoms with Gasteiger partial charge >= 0.3 is 5.97 Å². The van der Waals surface area contributed by atoms with Crippen molar-refractivity contribution in [2.45, 2.75) is 6.54 Å². The third-order valence-corrected chi connectivity index (χ3v) is 4.20. The maximum absolute atomic E-state index is 12.1. The molecule has 0 atom stereocenters. The molecule has 0 heterocycles. The van der Waals surface area contributed by atoms with Crippen molar-refractivity contribution < 1.29 is 14.3 Å². The molecule has 0 saturated carbocycles. The number of halogens is 1. The minimum Gasteiger partial charge on any atom is -0.451 e. The van der Waals surface area contributed by atoms with Gasteiger partial charge in [0.2, 0.25) is 0 Å². The van der Waals surface area contributed by atoms with Gasteiger partial charge in [-0.3, -0.25) is 4.79 Å². The van der Waals surface area contributed by atoms with Crippen molar-refractivity contribution in [3.8, 4) is 6.07 Å². The molecule has 0 aromatic heterocycles. The van der Waals surface area contributed by atoms with Crippen LogP contribution in [0.3, 0.4) is 0 Å². The molecule has 144 valence electrons. The van der Waals surface area contributed by atoms with Crippen LogP contribution in [0.15, 0.2) is 54.1 Å². The highest BCUT2D eigenvalue weighted by molar-refractivity contribution is 6.31. The van der Waals surface area contributed by atoms with Crippen molar-refractivity contribution in [3.63, 3.8) is 0 Å². The normalized spacial score (nSPS) is 10.7. The van der Waals surface area contributed by atoms with Crippen LogP contribution >= 0.6 is 11.6 Å². The second-order valence-electron chi connectivity index (χ2n) is 6.10. The van der Waals surface area contributed by atoms with Gasteiger partial charge in [0.25, 0.3) is 5.91 Å². The van der Waals surface area contributed by atoms with Gasteiger partial charge in [0.05, 0.1) is 0 Å². The Morgan fingerprint density at radius 1 is 1.18 bits per heavy atom. The summed E-state index contributed by atoms with van der Waals surface area (Å²) in [6, 6.07) is 16.2. The lowest BCUT2D eigenvalue weighted by Gasteiger charge is -2.11. The molecule has 2 rings (SSSR count). The van der Waals surface area contributed by atoms with E-state index < -0.39 is 18.5 Å². The fourth-order valence-corrected chi connectivity index (χ4v) is 2.47. The predicted octanol–water partition coefficient (Wildman–Crippen LogP) is 3.17. The summed E-state index contributed by atoms with van der Waals surface area (Å²) < 4.78 is 4.93. The van der Waals surface area contributed by atoms with Crippen molar-refractivity contribution in [2.75, 3.05) is 25.6 Å². The first-order valence-electron chi connectivity index (χ1n) is 8.47. The van der Waals surface area contributed by atoms with Crippen LogP contribution in [0.4, 0.5) is 5.69 Å². The van der Waals surface area contributed by atoms with Crippen molar-refractivity contribution in [3.05, 3.63) is 70.3 Å². The maximum Gasteiger partial charge on any atom is 0.349 e. The summed E-state index contributed by atoms with van der Waals surface area (Å²) in [5.41, 5.74) is 2.25. The molecular formula is C21H20ClN3O3. The Hall–Kier alpha value is -3.30. The van der Waals surface area contributed by atoms with Gasteiger partial charge in [-0.1, -0.05) is 41.9 Å². The van der Waals surface area contributed by atoms with E-state index in [2.05, 4.69) is 5.32 Å². The fraction of sp³-hybridized carbons (Fsp3) is 0.190. The minimum atomic E-state index is -0.855. The lowest BCUT2D eigenvalue weighted by Crippen LogP contribution is -2.28. The molecule has 1 amide bonds. The first-order valence-corrected chi connectivity index (χ1v) is 8.85. The summed E-state index contributed by atoms with van der Waals surface area (Å²) in [4.78, 5) is 25.9. The quantitative estimate of drug-likeness (QED) is 0.441. The number of carbonyl (C=O) groups excluding carboxylic acids is 2. The summed E-state index contributed by atoms with van der Waals surface area (Å²) in [5.74, 6) is -1.34. The van der Waals surface area contributed by atoms with Crippen molar-refractivity contribution >= 4 is 35.2 Å². The van der Waals surface area contributed by atoms with E-state index >= 15 is 0 Å². The average molecular weight is 398 g/mol. The SMILES string of the molecule is CN(C)c1ccc(/C=C(\C#N)C(=O)OCC(=O)NCc2ccccc2Cl)cc1. The molecule has 1 N–H and O–H groups in total. The first-order chi connectivity index (χ1) is 13.4. The monoisotopic (exact) mass is 397 g/mol. The first kappa shape index (κ1) is 21.0. The second kappa shape index (κ2) is 10.1. The van der Waals surface area contributed by atoms with Crippen LogP contribution in [0.5, 0.6) is 0 Å². The van der Waals surface area contributed by atoms with E-state index in [1.807, 2.05) is 37.2 Å². The Morgan fingerprint density at radius 3 is 2.46 bits per heavy atom. The summed E-state index contributed by atoms with van der Waals surface area (Å²) in [6.07, 6.45) is 1.42. The molecule has 2 aromatic carbocycles. The number of hydrogen-bond donors (Lipinski definition) is 1. The number of rotatable bonds is 7. The molecule has 7 heteroatoms. The zero-order valence-corrected chi connectivity index (χ0v) is 16.4. The highest BCUT2D eigenvalue weighted by Crippen LogP contribution is 2.15. The Balaban J connectivity index is 1.90. The van der Waals surface area contributed by atoms with Gasteiger partial charge in [0, 0.05) is 31.4 Å². The number of hydrogen-bond acceptors (Lipinski definition) is 5. The Morgan fingerprint density at radius 2 is 1.86 bits per heavy atom. The number of carbonyl (C=O) groups is 2. The number of benzene rings is 2. The van der Waals surface area contributed by atoms with Gasteiger partial charge in [0.15, 0.2) is 6.61 Å². The van der Waals surface area contributed by atoms with E-state index in [1.165, 1.54) is 6.08 Å². The van der Waals surface area contributed by atoms with E-state index in [0.717, 1.165) is 11.3 Å². The molecule has 0 aliphatic carbocycles. The van der Waals surface area contributed by atoms with E-state index in [9.17, 15) is 14.9 Å². The zero-order valence-electron chi connectivity index (χ0n) is 15.6. The van der Waals surface area contributed by atoms with Crippen LogP contribution in [0, 0.1) is 11.3 Å². The highest BCUT2D eigenvalue weighted by Gasteiger charge is 2.13. The maximum atomic E-state index is 12.1. The van der Waals surface area contributed by atoms with Crippen LogP contribution < -0.4 is 10.2 Å². The van der Waals surface area contributed by atoms with Crippen molar-refractivity contribution in [2.24, 2.45) is 0 Å². The van der Waals surface area contributed by atoms with Crippen LogP contribution in [-0.4, -0.2) is 32.6 Å². The lowest BCUT2D eigenvalue weighted by molar-refractivity contribution is -0.144. The Kier molecular flexibility index (Phi) is 7.61. The smallest absolute Gasteiger partial charge is 0.349 e. The average Bonchev–Trinajstić information content (AvgIpc) is 2.70. The van der Waals surface area contributed by atoms with Gasteiger partial charge in [-0.15, -0.1) is 0 Å². The van der Waals surface area contributed by atoms with Crippen LogP contribution in [0.1, 0.15) is 11.1 Å². The van der Waals surface area contributed by atoms with Crippen LogP contribution in [0.2, 0.25) is 5.02 Å². The number of anilines is 1. The molecule has 0 spiro atoms. The summed E-state index contributed by atoms with van der Waals surface area (Å²) in [6.45, 7) is -0.267. The number of nitrogens with one attached hydrogen (secondary N) is 1. The zero-order chi connectivity index (χ0) is 20.5. The summed E-state index contributed by atoms with van der Waals surface area (Å²) in [7, 11) is 3.83. The van der Waals surface area contributed by atoms with Crippen molar-refractivity contribution in [1.29, 1.82) is 5.26 Å². The van der Waals surface area contributed by atoms with Crippen molar-refractivity contribution in [1.82, 2.24) is 5.32 Å². The van der Waals surface area contributed by atoms with Gasteiger partial charge in [-0.05, 0) is 35.4 Å². The van der Waals surface area contributed by atoms with E-state index in [1.54, 1.807) is 36.4 Å². The molecule has 0 unspecified atom stereocenters. The largest absolute Gasteiger partial charge is 0.451 e. The lowest BCUT2D eigenvalue weighted by atomic mass is 10.1. The fourth-order valence-electron chi connectivity index (χ4n) is 2.27.